The van der Waals surface area contributed by atoms with Gasteiger partial charge in [0.2, 0.25) is 0 Å². The molecule has 7 nitrogen and oxygen atoms in total. The van der Waals surface area contributed by atoms with Crippen LogP contribution in [0.15, 0.2) is 41.2 Å². The van der Waals surface area contributed by atoms with Crippen LogP contribution in [0.5, 0.6) is 0 Å². The largest absolute Gasteiger partial charge is 0.383 e. The SMILES string of the molecule is CCC(CNC(=O)c1ccc(=O)n(CCOC)n1)N1CCc2ccccc2C1. The lowest BCUT2D eigenvalue weighted by atomic mass is 9.98. The summed E-state index contributed by atoms with van der Waals surface area (Å²) in [5.74, 6) is -0.262. The average Bonchev–Trinajstić information content (AvgIpc) is 2.73. The van der Waals surface area contributed by atoms with Crippen LogP contribution >= 0.6 is 0 Å². The number of carbonyl (C=O) groups excluding carboxylic acids is 1. The maximum atomic E-state index is 12.5. The Morgan fingerprint density at radius 3 is 2.79 bits per heavy atom. The highest BCUT2D eigenvalue weighted by Crippen LogP contribution is 2.21. The smallest absolute Gasteiger partial charge is 0.271 e. The molecule has 7 heteroatoms. The van der Waals surface area contributed by atoms with E-state index in [9.17, 15) is 9.59 Å². The van der Waals surface area contributed by atoms with Gasteiger partial charge in [-0.05, 0) is 30.0 Å². The van der Waals surface area contributed by atoms with Crippen molar-refractivity contribution in [1.29, 1.82) is 0 Å². The van der Waals surface area contributed by atoms with Crippen LogP contribution in [0.4, 0.5) is 0 Å². The molecule has 2 heterocycles. The van der Waals surface area contributed by atoms with E-state index in [4.69, 9.17) is 4.74 Å². The Balaban J connectivity index is 1.61. The molecule has 1 atom stereocenters. The van der Waals surface area contributed by atoms with Crippen LogP contribution in [0.2, 0.25) is 0 Å². The zero-order valence-corrected chi connectivity index (χ0v) is 16.6. The number of hydrogen-bond acceptors (Lipinski definition) is 5. The highest BCUT2D eigenvalue weighted by Gasteiger charge is 2.23. The molecule has 0 fully saturated rings. The number of methoxy groups -OCH3 is 1. The van der Waals surface area contributed by atoms with Gasteiger partial charge < -0.3 is 10.1 Å². The average molecular weight is 384 g/mol. The first kappa shape index (κ1) is 20.2. The lowest BCUT2D eigenvalue weighted by Crippen LogP contribution is -2.46. The van der Waals surface area contributed by atoms with Crippen molar-refractivity contribution in [2.45, 2.75) is 38.9 Å². The van der Waals surface area contributed by atoms with E-state index in [2.05, 4.69) is 46.5 Å². The molecule has 28 heavy (non-hydrogen) atoms. The molecule has 1 unspecified atom stereocenters. The molecule has 150 valence electrons. The predicted molar refractivity (Wildman–Crippen MR) is 107 cm³/mol. The highest BCUT2D eigenvalue weighted by atomic mass is 16.5. The number of ether oxygens (including phenoxy) is 1. The van der Waals surface area contributed by atoms with Gasteiger partial charge in [0.25, 0.3) is 11.5 Å². The first-order valence-electron chi connectivity index (χ1n) is 9.78. The van der Waals surface area contributed by atoms with Crippen molar-refractivity contribution in [2.75, 3.05) is 26.8 Å². The van der Waals surface area contributed by atoms with Crippen LogP contribution in [0, 0.1) is 0 Å². The van der Waals surface area contributed by atoms with Crippen molar-refractivity contribution in [3.05, 3.63) is 63.6 Å². The van der Waals surface area contributed by atoms with E-state index in [0.29, 0.717) is 19.7 Å². The van der Waals surface area contributed by atoms with Gasteiger partial charge in [-0.25, -0.2) is 4.68 Å². The summed E-state index contributed by atoms with van der Waals surface area (Å²) in [5, 5.41) is 7.14. The van der Waals surface area contributed by atoms with E-state index >= 15 is 0 Å². The zero-order chi connectivity index (χ0) is 19.9. The van der Waals surface area contributed by atoms with Crippen LogP contribution in [-0.2, 0) is 24.2 Å². The third-order valence-corrected chi connectivity index (χ3v) is 5.25. The summed E-state index contributed by atoms with van der Waals surface area (Å²) in [7, 11) is 1.56. The van der Waals surface area contributed by atoms with E-state index in [1.54, 1.807) is 7.11 Å². The highest BCUT2D eigenvalue weighted by molar-refractivity contribution is 5.92. The molecule has 0 aliphatic carbocycles. The van der Waals surface area contributed by atoms with Gasteiger partial charge in [0, 0.05) is 38.9 Å². The number of amides is 1. The van der Waals surface area contributed by atoms with Crippen LogP contribution in [0.1, 0.15) is 35.0 Å². The van der Waals surface area contributed by atoms with Gasteiger partial charge in [0.1, 0.15) is 5.69 Å². The fraction of sp³-hybridized carbons (Fsp3) is 0.476. The molecule has 0 bridgehead atoms. The minimum Gasteiger partial charge on any atom is -0.383 e. The minimum atomic E-state index is -0.262. The van der Waals surface area contributed by atoms with E-state index < -0.39 is 0 Å². The van der Waals surface area contributed by atoms with Gasteiger partial charge in [-0.3, -0.25) is 14.5 Å². The van der Waals surface area contributed by atoms with E-state index in [1.165, 1.54) is 27.9 Å². The number of fused-ring (bicyclic) bond motifs is 1. The van der Waals surface area contributed by atoms with Crippen LogP contribution < -0.4 is 10.9 Å². The van der Waals surface area contributed by atoms with Gasteiger partial charge in [0.05, 0.1) is 13.2 Å². The summed E-state index contributed by atoms with van der Waals surface area (Å²) in [6.45, 7) is 5.28. The molecule has 1 aromatic heterocycles. The second-order valence-electron chi connectivity index (χ2n) is 7.03. The molecule has 0 saturated heterocycles. The molecule has 2 aromatic rings. The van der Waals surface area contributed by atoms with E-state index in [-0.39, 0.29) is 23.2 Å². The Morgan fingerprint density at radius 1 is 1.25 bits per heavy atom. The van der Waals surface area contributed by atoms with Crippen molar-refractivity contribution in [3.63, 3.8) is 0 Å². The van der Waals surface area contributed by atoms with Crippen molar-refractivity contribution in [3.8, 4) is 0 Å². The molecule has 1 amide bonds. The number of rotatable bonds is 8. The van der Waals surface area contributed by atoms with E-state index in [0.717, 1.165) is 25.9 Å². The second-order valence-corrected chi connectivity index (χ2v) is 7.03. The molecule has 1 aliphatic heterocycles. The van der Waals surface area contributed by atoms with Crippen LogP contribution in [-0.4, -0.2) is 53.4 Å². The van der Waals surface area contributed by atoms with Crippen molar-refractivity contribution in [2.24, 2.45) is 0 Å². The Kier molecular flexibility index (Phi) is 6.95. The Hall–Kier alpha value is -2.51. The summed E-state index contributed by atoms with van der Waals surface area (Å²) in [6.07, 6.45) is 1.98. The third-order valence-electron chi connectivity index (χ3n) is 5.25. The van der Waals surface area contributed by atoms with Gasteiger partial charge in [0.15, 0.2) is 0 Å². The standard InChI is InChI=1S/C21H28N4O3/c1-3-18(24-11-10-16-6-4-5-7-17(16)15-24)14-22-21(27)19-8-9-20(26)25(23-19)12-13-28-2/h4-9,18H,3,10-15H2,1-2H3,(H,22,27). The van der Waals surface area contributed by atoms with Crippen molar-refractivity contribution < 1.29 is 9.53 Å². The predicted octanol–water partition coefficient (Wildman–Crippen LogP) is 1.46. The number of nitrogens with zero attached hydrogens (tertiary/aromatic N) is 3. The van der Waals surface area contributed by atoms with Crippen molar-refractivity contribution in [1.82, 2.24) is 20.0 Å². The van der Waals surface area contributed by atoms with Gasteiger partial charge in [-0.15, -0.1) is 0 Å². The lowest BCUT2D eigenvalue weighted by molar-refractivity contribution is 0.0917. The summed E-state index contributed by atoms with van der Waals surface area (Å²) in [4.78, 5) is 26.8. The molecule has 1 N–H and O–H groups in total. The molecule has 0 spiro atoms. The quantitative estimate of drug-likeness (QED) is 0.746. The van der Waals surface area contributed by atoms with Crippen LogP contribution in [0.3, 0.4) is 0 Å². The Morgan fingerprint density at radius 2 is 2.04 bits per heavy atom. The fourth-order valence-corrected chi connectivity index (χ4v) is 3.57. The first-order valence-corrected chi connectivity index (χ1v) is 9.78. The number of carbonyl (C=O) groups is 1. The van der Waals surface area contributed by atoms with Gasteiger partial charge >= 0.3 is 0 Å². The number of benzene rings is 1. The number of aromatic nitrogens is 2. The number of nitrogens with one attached hydrogen (secondary N) is 1. The lowest BCUT2D eigenvalue weighted by Gasteiger charge is -2.35. The molecule has 1 aliphatic rings. The fourth-order valence-electron chi connectivity index (χ4n) is 3.57. The maximum Gasteiger partial charge on any atom is 0.271 e. The Bertz CT molecular complexity index is 865. The molecule has 1 aromatic carbocycles. The molecular weight excluding hydrogens is 356 g/mol. The van der Waals surface area contributed by atoms with Gasteiger partial charge in [-0.2, -0.15) is 5.10 Å². The van der Waals surface area contributed by atoms with Crippen LogP contribution in [0.25, 0.3) is 0 Å². The topological polar surface area (TPSA) is 76.5 Å². The minimum absolute atomic E-state index is 0.244. The van der Waals surface area contributed by atoms with E-state index in [1.807, 2.05) is 0 Å². The summed E-state index contributed by atoms with van der Waals surface area (Å²) < 4.78 is 6.24. The molecule has 0 saturated carbocycles. The third kappa shape index (κ3) is 4.85. The molecular formula is C21H28N4O3. The molecule has 3 rings (SSSR count). The number of hydrogen-bond donors (Lipinski definition) is 1. The summed E-state index contributed by atoms with van der Waals surface area (Å²) in [6, 6.07) is 11.6. The second kappa shape index (κ2) is 9.61. The zero-order valence-electron chi connectivity index (χ0n) is 16.6. The Labute approximate surface area is 165 Å². The van der Waals surface area contributed by atoms with Gasteiger partial charge in [-0.1, -0.05) is 31.2 Å². The van der Waals surface area contributed by atoms with Crippen molar-refractivity contribution >= 4 is 5.91 Å². The monoisotopic (exact) mass is 384 g/mol. The summed E-state index contributed by atoms with van der Waals surface area (Å²) in [5.41, 5.74) is 2.78. The normalized spacial score (nSPS) is 15.1. The first-order chi connectivity index (χ1) is 13.6. The molecule has 0 radical (unpaired) electrons. The maximum absolute atomic E-state index is 12.5. The summed E-state index contributed by atoms with van der Waals surface area (Å²) >= 11 is 0.